The Labute approximate surface area is 132 Å². The van der Waals surface area contributed by atoms with Crippen LogP contribution in [0.1, 0.15) is 21.9 Å². The highest BCUT2D eigenvalue weighted by Gasteiger charge is 2.23. The number of halogens is 1. The largest absolute Gasteiger partial charge is 0.464 e. The van der Waals surface area contributed by atoms with Gasteiger partial charge in [-0.15, -0.1) is 0 Å². The zero-order valence-corrected chi connectivity index (χ0v) is 13.2. The van der Waals surface area contributed by atoms with E-state index in [9.17, 15) is 4.79 Å². The summed E-state index contributed by atoms with van der Waals surface area (Å²) in [4.78, 5) is 16.6. The molecule has 0 aliphatic rings. The van der Waals surface area contributed by atoms with E-state index < -0.39 is 5.97 Å². The summed E-state index contributed by atoms with van der Waals surface area (Å²) in [6.45, 7) is 3.63. The number of carbonyl (C=O) groups excluding carboxylic acids is 1. The molecule has 3 aromatic rings. The molecule has 0 unspecified atom stereocenters. The van der Waals surface area contributed by atoms with Gasteiger partial charge in [-0.3, -0.25) is 0 Å². The molecular weight excluding hydrogens is 302 g/mol. The number of aryl methyl sites for hydroxylation is 2. The molecule has 0 saturated carbocycles. The Morgan fingerprint density at radius 1 is 1.18 bits per heavy atom. The van der Waals surface area contributed by atoms with Gasteiger partial charge < -0.3 is 4.74 Å². The lowest BCUT2D eigenvalue weighted by atomic mass is 10.1. The summed E-state index contributed by atoms with van der Waals surface area (Å²) in [5.74, 6) is -0.539. The lowest BCUT2D eigenvalue weighted by Crippen LogP contribution is -2.12. The highest BCUT2D eigenvalue weighted by molar-refractivity contribution is 6.34. The maximum absolute atomic E-state index is 12.1. The Morgan fingerprint density at radius 2 is 1.86 bits per heavy atom. The Balaban J connectivity index is 2.41. The first-order chi connectivity index (χ1) is 10.5. The van der Waals surface area contributed by atoms with Crippen LogP contribution in [0.4, 0.5) is 0 Å². The van der Waals surface area contributed by atoms with E-state index in [1.165, 1.54) is 11.6 Å². The molecule has 0 aliphatic carbocycles. The number of methoxy groups -OCH3 is 1. The Hall–Kier alpha value is -2.40. The third-order valence-electron chi connectivity index (χ3n) is 3.49. The van der Waals surface area contributed by atoms with Crippen LogP contribution in [-0.2, 0) is 4.74 Å². The van der Waals surface area contributed by atoms with Crippen LogP contribution in [0.3, 0.4) is 0 Å². The summed E-state index contributed by atoms with van der Waals surface area (Å²) >= 11 is 6.23. The van der Waals surface area contributed by atoms with Crippen molar-refractivity contribution in [1.29, 1.82) is 0 Å². The van der Waals surface area contributed by atoms with Gasteiger partial charge in [0.1, 0.15) is 0 Å². The summed E-state index contributed by atoms with van der Waals surface area (Å²) in [6, 6.07) is 9.80. The fourth-order valence-electron chi connectivity index (χ4n) is 2.46. The fraction of sp³-hybridized carbons (Fsp3) is 0.188. The number of rotatable bonds is 2. The first kappa shape index (κ1) is 14.5. The number of carbonyl (C=O) groups is 1. The van der Waals surface area contributed by atoms with Crippen molar-refractivity contribution in [2.75, 3.05) is 7.11 Å². The highest BCUT2D eigenvalue weighted by atomic mass is 35.5. The quantitative estimate of drug-likeness (QED) is 0.680. The number of nitrogens with zero attached hydrogens (tertiary/aromatic N) is 3. The molecule has 3 rings (SSSR count). The number of ether oxygens (including phenoxy) is 1. The summed E-state index contributed by atoms with van der Waals surface area (Å²) in [7, 11) is 1.31. The van der Waals surface area contributed by atoms with Crippen molar-refractivity contribution in [3.05, 3.63) is 52.4 Å². The number of hydrogen-bond donors (Lipinski definition) is 0. The summed E-state index contributed by atoms with van der Waals surface area (Å²) < 4.78 is 6.28. The maximum Gasteiger partial charge on any atom is 0.358 e. The summed E-state index contributed by atoms with van der Waals surface area (Å²) in [6.07, 6.45) is 0. The molecule has 0 aliphatic heterocycles. The van der Waals surface area contributed by atoms with Gasteiger partial charge in [-0.2, -0.15) is 5.10 Å². The van der Waals surface area contributed by atoms with E-state index in [2.05, 4.69) is 10.1 Å². The second-order valence-electron chi connectivity index (χ2n) is 4.91. The predicted octanol–water partition coefficient (Wildman–Crippen LogP) is 3.45. The van der Waals surface area contributed by atoms with Gasteiger partial charge in [0.05, 0.1) is 23.5 Å². The SMILES string of the molecule is COC(=O)c1c(Cl)c(C)nc2c(-c3ccccc3)c(C)nn12. The number of hydrogen-bond acceptors (Lipinski definition) is 4. The minimum absolute atomic E-state index is 0.192. The van der Waals surface area contributed by atoms with Crippen LogP contribution in [0.25, 0.3) is 16.8 Å². The first-order valence-corrected chi connectivity index (χ1v) is 7.11. The Bertz CT molecular complexity index is 872. The van der Waals surface area contributed by atoms with E-state index in [1.807, 2.05) is 37.3 Å². The molecule has 0 atom stereocenters. The first-order valence-electron chi connectivity index (χ1n) is 6.73. The second kappa shape index (κ2) is 5.42. The molecule has 1 aromatic carbocycles. The number of esters is 1. The average molecular weight is 316 g/mol. The molecule has 5 nitrogen and oxygen atoms in total. The molecular formula is C16H14ClN3O2. The van der Waals surface area contributed by atoms with Gasteiger partial charge in [0.25, 0.3) is 0 Å². The molecule has 0 bridgehead atoms. The van der Waals surface area contributed by atoms with Gasteiger partial charge >= 0.3 is 5.97 Å². The van der Waals surface area contributed by atoms with E-state index in [-0.39, 0.29) is 10.7 Å². The van der Waals surface area contributed by atoms with E-state index in [4.69, 9.17) is 16.3 Å². The molecule has 6 heteroatoms. The molecule has 0 fully saturated rings. The van der Waals surface area contributed by atoms with Gasteiger partial charge in [0.15, 0.2) is 11.3 Å². The molecule has 0 radical (unpaired) electrons. The van der Waals surface area contributed by atoms with E-state index in [1.54, 1.807) is 6.92 Å². The van der Waals surface area contributed by atoms with Crippen molar-refractivity contribution in [3.63, 3.8) is 0 Å². The average Bonchev–Trinajstić information content (AvgIpc) is 2.84. The fourth-order valence-corrected chi connectivity index (χ4v) is 2.66. The van der Waals surface area contributed by atoms with Crippen LogP contribution in [0.15, 0.2) is 30.3 Å². The van der Waals surface area contributed by atoms with Crippen LogP contribution in [-0.4, -0.2) is 27.7 Å². The zero-order chi connectivity index (χ0) is 15.9. The molecule has 0 saturated heterocycles. The van der Waals surface area contributed by atoms with Crippen LogP contribution in [0.2, 0.25) is 5.02 Å². The van der Waals surface area contributed by atoms with Crippen molar-refractivity contribution >= 4 is 23.2 Å². The monoisotopic (exact) mass is 315 g/mol. The molecule has 0 N–H and O–H groups in total. The minimum atomic E-state index is -0.539. The maximum atomic E-state index is 12.1. The molecule has 0 amide bonds. The lowest BCUT2D eigenvalue weighted by Gasteiger charge is -2.08. The van der Waals surface area contributed by atoms with E-state index >= 15 is 0 Å². The van der Waals surface area contributed by atoms with Crippen LogP contribution < -0.4 is 0 Å². The van der Waals surface area contributed by atoms with Crippen molar-refractivity contribution in [2.45, 2.75) is 13.8 Å². The van der Waals surface area contributed by atoms with E-state index in [0.29, 0.717) is 11.3 Å². The summed E-state index contributed by atoms with van der Waals surface area (Å²) in [5.41, 5.74) is 3.98. The van der Waals surface area contributed by atoms with Gasteiger partial charge in [0.2, 0.25) is 0 Å². The third kappa shape index (κ3) is 2.14. The van der Waals surface area contributed by atoms with Gasteiger partial charge in [-0.05, 0) is 19.4 Å². The van der Waals surface area contributed by atoms with Gasteiger partial charge in [0, 0.05) is 5.56 Å². The van der Waals surface area contributed by atoms with Gasteiger partial charge in [-0.25, -0.2) is 14.3 Å². The topological polar surface area (TPSA) is 56.5 Å². The zero-order valence-electron chi connectivity index (χ0n) is 12.4. The third-order valence-corrected chi connectivity index (χ3v) is 3.94. The van der Waals surface area contributed by atoms with E-state index in [0.717, 1.165) is 16.8 Å². The number of benzene rings is 1. The standard InChI is InChI=1S/C16H14ClN3O2/c1-9-12(11-7-5-4-6-8-11)15-18-10(2)13(17)14(16(21)22-3)20(15)19-9/h4-8H,1-3H3. The van der Waals surface area contributed by atoms with Gasteiger partial charge in [-0.1, -0.05) is 41.9 Å². The van der Waals surface area contributed by atoms with Crippen molar-refractivity contribution in [2.24, 2.45) is 0 Å². The predicted molar refractivity (Wildman–Crippen MR) is 84.2 cm³/mol. The van der Waals surface area contributed by atoms with Crippen molar-refractivity contribution < 1.29 is 9.53 Å². The molecule has 0 spiro atoms. The number of aromatic nitrogens is 3. The molecule has 112 valence electrons. The Kier molecular flexibility index (Phi) is 3.58. The molecule has 22 heavy (non-hydrogen) atoms. The van der Waals surface area contributed by atoms with Crippen molar-refractivity contribution in [1.82, 2.24) is 14.6 Å². The molecule has 2 heterocycles. The van der Waals surface area contributed by atoms with Crippen LogP contribution >= 0.6 is 11.6 Å². The number of fused-ring (bicyclic) bond motifs is 1. The highest BCUT2D eigenvalue weighted by Crippen LogP contribution is 2.30. The normalized spacial score (nSPS) is 10.9. The van der Waals surface area contributed by atoms with Crippen molar-refractivity contribution in [3.8, 4) is 11.1 Å². The summed E-state index contributed by atoms with van der Waals surface area (Å²) in [5, 5.41) is 4.68. The lowest BCUT2D eigenvalue weighted by molar-refractivity contribution is 0.0590. The van der Waals surface area contributed by atoms with Crippen LogP contribution in [0.5, 0.6) is 0 Å². The minimum Gasteiger partial charge on any atom is -0.464 e. The smallest absolute Gasteiger partial charge is 0.358 e. The van der Waals surface area contributed by atoms with Crippen LogP contribution in [0, 0.1) is 13.8 Å². The Morgan fingerprint density at radius 3 is 2.50 bits per heavy atom. The second-order valence-corrected chi connectivity index (χ2v) is 5.29. The molecule has 2 aromatic heterocycles.